The third-order valence-electron chi connectivity index (χ3n) is 4.26. The van der Waals surface area contributed by atoms with E-state index in [0.717, 1.165) is 4.90 Å². The second-order valence-electron chi connectivity index (χ2n) is 7.00. The third-order valence-corrected chi connectivity index (χ3v) is 4.26. The molecule has 0 spiro atoms. The van der Waals surface area contributed by atoms with Crippen molar-refractivity contribution in [2.45, 2.75) is 26.5 Å². The Kier molecular flexibility index (Phi) is 6.93. The average Bonchev–Trinajstić information content (AvgIpc) is 3.32. The fourth-order valence-corrected chi connectivity index (χ4v) is 2.86. The molecule has 1 N–H and O–H groups in total. The lowest BCUT2D eigenvalue weighted by Crippen LogP contribution is -2.30. The van der Waals surface area contributed by atoms with Crippen molar-refractivity contribution in [3.63, 3.8) is 0 Å². The summed E-state index contributed by atoms with van der Waals surface area (Å²) < 4.78 is 20.4. The number of para-hydroxylation sites is 1. The van der Waals surface area contributed by atoms with Crippen molar-refractivity contribution in [1.29, 1.82) is 0 Å². The van der Waals surface area contributed by atoms with Gasteiger partial charge in [-0.2, -0.15) is 0 Å². The molecule has 3 rings (SSSR count). The minimum Gasteiger partial charge on any atom is -0.481 e. The van der Waals surface area contributed by atoms with Crippen LogP contribution in [0.4, 0.5) is 4.79 Å². The summed E-state index contributed by atoms with van der Waals surface area (Å²) in [6.07, 6.45) is 1.18. The highest BCUT2D eigenvalue weighted by Gasteiger charge is 2.34. The van der Waals surface area contributed by atoms with E-state index in [9.17, 15) is 19.2 Å². The van der Waals surface area contributed by atoms with Gasteiger partial charge in [0.2, 0.25) is 5.76 Å². The molecule has 0 bridgehead atoms. The fraction of sp³-hybridized carbons (Fsp3) is 0.273. The van der Waals surface area contributed by atoms with Crippen LogP contribution in [0.1, 0.15) is 35.7 Å². The van der Waals surface area contributed by atoms with Crippen molar-refractivity contribution in [3.8, 4) is 5.75 Å². The zero-order valence-corrected chi connectivity index (χ0v) is 17.7. The summed E-state index contributed by atoms with van der Waals surface area (Å²) in [5, 5.41) is 2.50. The molecule has 3 amide bonds. The number of esters is 2. The van der Waals surface area contributed by atoms with Crippen molar-refractivity contribution in [2.75, 3.05) is 13.7 Å². The molecule has 10 heteroatoms. The normalized spacial score (nSPS) is 14.6. The van der Waals surface area contributed by atoms with Gasteiger partial charge < -0.3 is 23.9 Å². The van der Waals surface area contributed by atoms with Gasteiger partial charge in [0.05, 0.1) is 19.8 Å². The molecule has 1 aromatic heterocycles. The van der Waals surface area contributed by atoms with Crippen LogP contribution in [0.15, 0.2) is 46.5 Å². The highest BCUT2D eigenvalue weighted by atomic mass is 16.6. The van der Waals surface area contributed by atoms with E-state index in [-0.39, 0.29) is 36.5 Å². The molecule has 0 atom stereocenters. The number of imide groups is 1. The second kappa shape index (κ2) is 9.82. The summed E-state index contributed by atoms with van der Waals surface area (Å²) >= 11 is 0. The summed E-state index contributed by atoms with van der Waals surface area (Å²) in [6, 6.07) is 8.97. The number of amides is 3. The third kappa shape index (κ3) is 5.34. The number of carbonyl (C=O) groups is 4. The van der Waals surface area contributed by atoms with E-state index in [4.69, 9.17) is 13.9 Å². The van der Waals surface area contributed by atoms with Crippen LogP contribution < -0.4 is 10.1 Å². The predicted octanol–water partition coefficient (Wildman–Crippen LogP) is 2.49. The Labute approximate surface area is 183 Å². The predicted molar refractivity (Wildman–Crippen MR) is 110 cm³/mol. The number of nitrogens with zero attached hydrogens (tertiary/aromatic N) is 1. The van der Waals surface area contributed by atoms with Crippen LogP contribution in [0, 0.1) is 0 Å². The lowest BCUT2D eigenvalue weighted by molar-refractivity contribution is -0.149. The van der Waals surface area contributed by atoms with E-state index in [1.807, 2.05) is 0 Å². The number of furan rings is 1. The number of benzene rings is 1. The van der Waals surface area contributed by atoms with Crippen LogP contribution in [0.5, 0.6) is 5.75 Å². The fourth-order valence-electron chi connectivity index (χ4n) is 2.86. The second-order valence-corrected chi connectivity index (χ2v) is 7.00. The van der Waals surface area contributed by atoms with Gasteiger partial charge in [-0.05, 0) is 38.1 Å². The molecule has 168 valence electrons. The van der Waals surface area contributed by atoms with Gasteiger partial charge in [0, 0.05) is 5.56 Å². The molecule has 0 radical (unpaired) electrons. The van der Waals surface area contributed by atoms with E-state index in [1.54, 1.807) is 38.1 Å². The Morgan fingerprint density at radius 2 is 1.91 bits per heavy atom. The number of hydrogen-bond donors (Lipinski definition) is 1. The molecule has 1 aliphatic rings. The number of methoxy groups -OCH3 is 1. The molecule has 0 unspecified atom stereocenters. The molecule has 1 saturated heterocycles. The highest BCUT2D eigenvalue weighted by Crippen LogP contribution is 2.24. The van der Waals surface area contributed by atoms with Crippen LogP contribution in [0.3, 0.4) is 0 Å². The summed E-state index contributed by atoms with van der Waals surface area (Å²) in [5.74, 6) is -1.23. The van der Waals surface area contributed by atoms with Crippen LogP contribution in [-0.4, -0.2) is 48.6 Å². The minimum atomic E-state index is -0.664. The first-order valence-electron chi connectivity index (χ1n) is 9.71. The molecular weight excluding hydrogens is 420 g/mol. The molecule has 1 aliphatic heterocycles. The summed E-state index contributed by atoms with van der Waals surface area (Å²) in [7, 11) is 1.22. The Morgan fingerprint density at radius 3 is 2.62 bits per heavy atom. The number of carbonyl (C=O) groups excluding carboxylic acids is 4. The monoisotopic (exact) mass is 442 g/mol. The van der Waals surface area contributed by atoms with E-state index >= 15 is 0 Å². The largest absolute Gasteiger partial charge is 0.481 e. The molecule has 10 nitrogen and oxygen atoms in total. The topological polar surface area (TPSA) is 124 Å². The van der Waals surface area contributed by atoms with E-state index < -0.39 is 23.9 Å². The van der Waals surface area contributed by atoms with Crippen molar-refractivity contribution in [2.24, 2.45) is 0 Å². The van der Waals surface area contributed by atoms with Gasteiger partial charge >= 0.3 is 18.0 Å². The maximum atomic E-state index is 12.7. The van der Waals surface area contributed by atoms with E-state index in [0.29, 0.717) is 11.3 Å². The van der Waals surface area contributed by atoms with Gasteiger partial charge in [0.15, 0.2) is 6.61 Å². The lowest BCUT2D eigenvalue weighted by atomic mass is 10.1. The highest BCUT2D eigenvalue weighted by molar-refractivity contribution is 6.14. The Morgan fingerprint density at radius 1 is 1.16 bits per heavy atom. The maximum absolute atomic E-state index is 12.7. The lowest BCUT2D eigenvalue weighted by Gasteiger charge is -2.11. The summed E-state index contributed by atoms with van der Waals surface area (Å²) in [5.41, 5.74) is 0.511. The van der Waals surface area contributed by atoms with Gasteiger partial charge in [0.1, 0.15) is 17.2 Å². The molecule has 2 aromatic rings. The minimum absolute atomic E-state index is 0.0237. The van der Waals surface area contributed by atoms with Gasteiger partial charge in [-0.15, -0.1) is 0 Å². The first-order chi connectivity index (χ1) is 15.3. The standard InChI is InChI=1S/C22H22N2O8/c1-13(2)31-19(25)12-30-17-7-5-4-6-14(17)10-16-20(26)24(22(28)23-16)11-15-8-9-18(32-15)21(27)29-3/h4-10,13H,11-12H2,1-3H3,(H,23,28). The van der Waals surface area contributed by atoms with E-state index in [1.165, 1.54) is 25.3 Å². The maximum Gasteiger partial charge on any atom is 0.373 e. The first kappa shape index (κ1) is 22.6. The number of nitrogens with one attached hydrogen (secondary N) is 1. The zero-order valence-electron chi connectivity index (χ0n) is 17.7. The van der Waals surface area contributed by atoms with E-state index in [2.05, 4.69) is 10.1 Å². The Bertz CT molecular complexity index is 1070. The summed E-state index contributed by atoms with van der Waals surface area (Å²) in [6.45, 7) is 2.99. The van der Waals surface area contributed by atoms with Crippen molar-refractivity contribution in [3.05, 3.63) is 59.2 Å². The first-order valence-corrected chi connectivity index (χ1v) is 9.71. The molecule has 0 aliphatic carbocycles. The smallest absolute Gasteiger partial charge is 0.373 e. The number of ether oxygens (including phenoxy) is 3. The van der Waals surface area contributed by atoms with Gasteiger partial charge in [0.25, 0.3) is 5.91 Å². The molecule has 2 heterocycles. The average molecular weight is 442 g/mol. The van der Waals surface area contributed by atoms with Gasteiger partial charge in [-0.1, -0.05) is 18.2 Å². The molecule has 1 aromatic carbocycles. The molecular formula is C22H22N2O8. The summed E-state index contributed by atoms with van der Waals surface area (Å²) in [4.78, 5) is 49.2. The molecule has 32 heavy (non-hydrogen) atoms. The zero-order chi connectivity index (χ0) is 23.3. The quantitative estimate of drug-likeness (QED) is 0.376. The van der Waals surface area contributed by atoms with Crippen molar-refractivity contribution < 1.29 is 37.8 Å². The van der Waals surface area contributed by atoms with Gasteiger partial charge in [-0.25, -0.2) is 14.4 Å². The number of urea groups is 1. The van der Waals surface area contributed by atoms with Crippen LogP contribution in [0.25, 0.3) is 6.08 Å². The van der Waals surface area contributed by atoms with Crippen molar-refractivity contribution in [1.82, 2.24) is 10.2 Å². The number of rotatable bonds is 8. The van der Waals surface area contributed by atoms with Crippen LogP contribution in [0.2, 0.25) is 0 Å². The number of hydrogen-bond acceptors (Lipinski definition) is 8. The van der Waals surface area contributed by atoms with Crippen LogP contribution in [-0.2, 0) is 25.6 Å². The SMILES string of the molecule is COC(=O)c1ccc(CN2C(=O)NC(=Cc3ccccc3OCC(=O)OC(C)C)C2=O)o1. The Balaban J connectivity index is 1.73. The molecule has 0 saturated carbocycles. The molecule has 1 fully saturated rings. The van der Waals surface area contributed by atoms with Gasteiger partial charge in [-0.3, -0.25) is 9.69 Å². The van der Waals surface area contributed by atoms with Crippen LogP contribution >= 0.6 is 0 Å². The Hall–Kier alpha value is -4.08. The van der Waals surface area contributed by atoms with Crippen molar-refractivity contribution >= 4 is 30.0 Å².